The lowest BCUT2D eigenvalue weighted by Crippen LogP contribution is -2.26. The summed E-state index contributed by atoms with van der Waals surface area (Å²) in [6.07, 6.45) is 5.00. The second-order valence-corrected chi connectivity index (χ2v) is 5.17. The van der Waals surface area contributed by atoms with Crippen molar-refractivity contribution in [2.75, 3.05) is 0 Å². The fourth-order valence-electron chi connectivity index (χ4n) is 2.27. The van der Waals surface area contributed by atoms with E-state index < -0.39 is 11.8 Å². The highest BCUT2D eigenvalue weighted by Crippen LogP contribution is 2.20. The molecule has 0 aromatic heterocycles. The normalized spacial score (nSPS) is 16.1. The number of benzene rings is 1. The zero-order valence-electron chi connectivity index (χ0n) is 10.8. The summed E-state index contributed by atoms with van der Waals surface area (Å²) in [5, 5.41) is 0. The van der Waals surface area contributed by atoms with E-state index in [1.807, 2.05) is 0 Å². The minimum Gasteiger partial charge on any atom is -0.456 e. The molecule has 1 fully saturated rings. The fourth-order valence-corrected chi connectivity index (χ4v) is 2.48. The van der Waals surface area contributed by atoms with E-state index in [-0.39, 0.29) is 6.10 Å². The molecule has 0 spiro atoms. The van der Waals surface area contributed by atoms with Crippen LogP contribution in [0.5, 0.6) is 0 Å². The highest BCUT2D eigenvalue weighted by atomic mass is 32.1. The van der Waals surface area contributed by atoms with Crippen LogP contribution in [0, 0.1) is 0 Å². The molecule has 3 nitrogen and oxygen atoms in total. The van der Waals surface area contributed by atoms with Crippen LogP contribution in [0.25, 0.3) is 0 Å². The summed E-state index contributed by atoms with van der Waals surface area (Å²) in [5.74, 6) is -0.678. The predicted molar refractivity (Wildman–Crippen MR) is 76.4 cm³/mol. The SMILES string of the molecule is O=C(OC1CCCCC1)C(=O)c1ccc(CS)cc1. The van der Waals surface area contributed by atoms with Crippen molar-refractivity contribution < 1.29 is 14.3 Å². The number of carbonyl (C=O) groups excluding carboxylic acids is 2. The van der Waals surface area contributed by atoms with E-state index in [0.29, 0.717) is 11.3 Å². The molecule has 19 heavy (non-hydrogen) atoms. The average molecular weight is 278 g/mol. The van der Waals surface area contributed by atoms with Gasteiger partial charge in [-0.1, -0.05) is 30.7 Å². The van der Waals surface area contributed by atoms with Gasteiger partial charge in [-0.15, -0.1) is 0 Å². The van der Waals surface area contributed by atoms with Crippen molar-refractivity contribution in [2.45, 2.75) is 44.0 Å². The Morgan fingerprint density at radius 1 is 1.11 bits per heavy atom. The molecule has 1 aliphatic carbocycles. The molecule has 0 atom stereocenters. The molecule has 0 heterocycles. The second-order valence-electron chi connectivity index (χ2n) is 4.85. The molecule has 0 N–H and O–H groups in total. The Bertz CT molecular complexity index is 447. The molecule has 0 saturated heterocycles. The molecule has 1 aliphatic rings. The third-order valence-electron chi connectivity index (χ3n) is 3.41. The maximum absolute atomic E-state index is 11.9. The van der Waals surface area contributed by atoms with Crippen molar-refractivity contribution in [3.05, 3.63) is 35.4 Å². The first-order valence-corrected chi connectivity index (χ1v) is 7.29. The van der Waals surface area contributed by atoms with Crippen LogP contribution in [0.4, 0.5) is 0 Å². The van der Waals surface area contributed by atoms with Gasteiger partial charge in [0.15, 0.2) is 0 Å². The summed E-state index contributed by atoms with van der Waals surface area (Å²) in [7, 11) is 0. The molecule has 2 rings (SSSR count). The lowest BCUT2D eigenvalue weighted by molar-refractivity contribution is -0.144. The molecule has 1 aromatic carbocycles. The van der Waals surface area contributed by atoms with Crippen LogP contribution in [-0.4, -0.2) is 17.9 Å². The number of ketones is 1. The van der Waals surface area contributed by atoms with Crippen LogP contribution in [0.1, 0.15) is 48.0 Å². The van der Waals surface area contributed by atoms with Gasteiger partial charge in [0.25, 0.3) is 5.78 Å². The smallest absolute Gasteiger partial charge is 0.379 e. The summed E-state index contributed by atoms with van der Waals surface area (Å²) in [5.41, 5.74) is 1.40. The number of hydrogen-bond donors (Lipinski definition) is 1. The zero-order chi connectivity index (χ0) is 13.7. The minimum absolute atomic E-state index is 0.0816. The number of carbonyl (C=O) groups is 2. The minimum atomic E-state index is -0.731. The van der Waals surface area contributed by atoms with Gasteiger partial charge >= 0.3 is 5.97 Å². The van der Waals surface area contributed by atoms with E-state index in [1.54, 1.807) is 24.3 Å². The summed E-state index contributed by atoms with van der Waals surface area (Å²) in [6, 6.07) is 6.90. The molecule has 4 heteroatoms. The molecule has 1 saturated carbocycles. The monoisotopic (exact) mass is 278 g/mol. The van der Waals surface area contributed by atoms with Gasteiger partial charge in [0.2, 0.25) is 0 Å². The second kappa shape index (κ2) is 6.75. The first kappa shape index (κ1) is 14.1. The van der Waals surface area contributed by atoms with Crippen molar-refractivity contribution in [3.63, 3.8) is 0 Å². The number of esters is 1. The lowest BCUT2D eigenvalue weighted by atomic mass is 9.98. The number of thiol groups is 1. The summed E-state index contributed by atoms with van der Waals surface area (Å²) < 4.78 is 5.26. The topological polar surface area (TPSA) is 43.4 Å². The summed E-state index contributed by atoms with van der Waals surface area (Å²) in [4.78, 5) is 23.7. The Balaban J connectivity index is 1.95. The number of Topliss-reactive ketones (excluding diaryl/α,β-unsaturated/α-hetero) is 1. The standard InChI is InChI=1S/C15H18O3S/c16-14(12-8-6-11(10-19)7-9-12)15(17)18-13-4-2-1-3-5-13/h6-9,13,19H,1-5,10H2. The number of ether oxygens (including phenoxy) is 1. The number of rotatable bonds is 4. The van der Waals surface area contributed by atoms with Gasteiger partial charge in [-0.05, 0) is 31.2 Å². The van der Waals surface area contributed by atoms with Gasteiger partial charge in [-0.3, -0.25) is 4.79 Å². The predicted octanol–water partition coefficient (Wildman–Crippen LogP) is 3.18. The average Bonchev–Trinajstić information content (AvgIpc) is 2.47. The Kier molecular flexibility index (Phi) is 5.02. The highest BCUT2D eigenvalue weighted by Gasteiger charge is 2.23. The molecule has 0 bridgehead atoms. The maximum atomic E-state index is 11.9. The molecular formula is C15H18O3S. The molecule has 0 aliphatic heterocycles. The van der Waals surface area contributed by atoms with Crippen molar-refractivity contribution in [1.29, 1.82) is 0 Å². The Morgan fingerprint density at radius 2 is 1.74 bits per heavy atom. The third kappa shape index (κ3) is 3.83. The first-order valence-electron chi connectivity index (χ1n) is 6.66. The summed E-state index contributed by atoms with van der Waals surface area (Å²) >= 11 is 4.15. The van der Waals surface area contributed by atoms with Crippen LogP contribution >= 0.6 is 12.6 Å². The highest BCUT2D eigenvalue weighted by molar-refractivity contribution is 7.79. The van der Waals surface area contributed by atoms with E-state index in [9.17, 15) is 9.59 Å². The van der Waals surface area contributed by atoms with Gasteiger partial charge in [-0.2, -0.15) is 12.6 Å². The van der Waals surface area contributed by atoms with E-state index in [1.165, 1.54) is 6.42 Å². The molecule has 1 aromatic rings. The van der Waals surface area contributed by atoms with Gasteiger partial charge in [0.1, 0.15) is 6.10 Å². The van der Waals surface area contributed by atoms with E-state index in [0.717, 1.165) is 31.2 Å². The van der Waals surface area contributed by atoms with E-state index >= 15 is 0 Å². The summed E-state index contributed by atoms with van der Waals surface area (Å²) in [6.45, 7) is 0. The van der Waals surface area contributed by atoms with Crippen molar-refractivity contribution in [1.82, 2.24) is 0 Å². The van der Waals surface area contributed by atoms with Crippen LogP contribution in [-0.2, 0) is 15.3 Å². The van der Waals surface area contributed by atoms with Gasteiger partial charge in [0.05, 0.1) is 0 Å². The van der Waals surface area contributed by atoms with Crippen LogP contribution in [0.15, 0.2) is 24.3 Å². The lowest BCUT2D eigenvalue weighted by Gasteiger charge is -2.21. The molecule has 0 amide bonds. The van der Waals surface area contributed by atoms with Crippen molar-refractivity contribution >= 4 is 24.4 Å². The quantitative estimate of drug-likeness (QED) is 0.398. The maximum Gasteiger partial charge on any atom is 0.379 e. The Morgan fingerprint density at radius 3 is 2.32 bits per heavy atom. The zero-order valence-corrected chi connectivity index (χ0v) is 11.7. The van der Waals surface area contributed by atoms with Crippen molar-refractivity contribution in [2.24, 2.45) is 0 Å². The van der Waals surface area contributed by atoms with E-state index in [2.05, 4.69) is 12.6 Å². The molecular weight excluding hydrogens is 260 g/mol. The fraction of sp³-hybridized carbons (Fsp3) is 0.467. The molecule has 0 unspecified atom stereocenters. The van der Waals surface area contributed by atoms with Gasteiger partial charge < -0.3 is 4.74 Å². The molecule has 0 radical (unpaired) electrons. The Labute approximate surface area is 118 Å². The third-order valence-corrected chi connectivity index (χ3v) is 3.78. The van der Waals surface area contributed by atoms with E-state index in [4.69, 9.17) is 4.74 Å². The van der Waals surface area contributed by atoms with Gasteiger partial charge in [-0.25, -0.2) is 4.79 Å². The van der Waals surface area contributed by atoms with Crippen LogP contribution in [0.2, 0.25) is 0 Å². The Hall–Kier alpha value is -1.29. The molecule has 102 valence electrons. The van der Waals surface area contributed by atoms with Crippen LogP contribution in [0.3, 0.4) is 0 Å². The van der Waals surface area contributed by atoms with Crippen molar-refractivity contribution in [3.8, 4) is 0 Å². The largest absolute Gasteiger partial charge is 0.456 e. The van der Waals surface area contributed by atoms with Crippen LogP contribution < -0.4 is 0 Å². The first-order chi connectivity index (χ1) is 9.20. The van der Waals surface area contributed by atoms with Gasteiger partial charge in [0, 0.05) is 11.3 Å². The number of hydrogen-bond acceptors (Lipinski definition) is 4.